The Morgan fingerprint density at radius 1 is 0.967 bits per heavy atom. The Morgan fingerprint density at radius 3 is 2.27 bits per heavy atom. The number of hydrogen-bond donors (Lipinski definition) is 1. The molecule has 2 amide bonds. The number of hydrogen-bond acceptors (Lipinski definition) is 3. The summed E-state index contributed by atoms with van der Waals surface area (Å²) in [6.45, 7) is 9.03. The van der Waals surface area contributed by atoms with E-state index >= 15 is 0 Å². The lowest BCUT2D eigenvalue weighted by atomic mass is 10.1. The smallest absolute Gasteiger partial charge is 0.242 e. The second-order valence-corrected chi connectivity index (χ2v) is 9.22. The van der Waals surface area contributed by atoms with Crippen LogP contribution in [-0.2, 0) is 21.9 Å². The Morgan fingerprint density at radius 2 is 1.63 bits per heavy atom. The molecule has 162 valence electrons. The molecule has 0 radical (unpaired) electrons. The van der Waals surface area contributed by atoms with Gasteiger partial charge in [0.15, 0.2) is 0 Å². The Labute approximate surface area is 185 Å². The van der Waals surface area contributed by atoms with E-state index in [0.29, 0.717) is 25.4 Å². The molecule has 1 atom stereocenters. The number of nitrogens with zero attached hydrogens (tertiary/aromatic N) is 1. The van der Waals surface area contributed by atoms with Gasteiger partial charge in [-0.25, -0.2) is 0 Å². The predicted molar refractivity (Wildman–Crippen MR) is 126 cm³/mol. The number of carbonyl (C=O) groups is 2. The van der Waals surface area contributed by atoms with E-state index in [1.54, 1.807) is 16.7 Å². The molecule has 4 nitrogen and oxygen atoms in total. The molecule has 0 saturated heterocycles. The van der Waals surface area contributed by atoms with Crippen LogP contribution in [0.5, 0.6) is 0 Å². The second kappa shape index (κ2) is 12.4. The molecule has 30 heavy (non-hydrogen) atoms. The van der Waals surface area contributed by atoms with Crippen molar-refractivity contribution in [2.45, 2.75) is 52.5 Å². The van der Waals surface area contributed by atoms with Gasteiger partial charge >= 0.3 is 0 Å². The van der Waals surface area contributed by atoms with Crippen LogP contribution in [0.15, 0.2) is 54.6 Å². The average Bonchev–Trinajstić information content (AvgIpc) is 2.74. The van der Waals surface area contributed by atoms with Gasteiger partial charge < -0.3 is 10.2 Å². The number of rotatable bonds is 11. The van der Waals surface area contributed by atoms with Crippen molar-refractivity contribution in [1.82, 2.24) is 10.2 Å². The molecule has 0 fully saturated rings. The highest BCUT2D eigenvalue weighted by atomic mass is 32.2. The third-order valence-electron chi connectivity index (χ3n) is 4.90. The van der Waals surface area contributed by atoms with Crippen LogP contribution in [0.1, 0.15) is 43.9 Å². The lowest BCUT2D eigenvalue weighted by Gasteiger charge is -2.29. The molecule has 0 unspecified atom stereocenters. The largest absolute Gasteiger partial charge is 0.354 e. The molecule has 0 bridgehead atoms. The minimum absolute atomic E-state index is 0.0170. The fourth-order valence-electron chi connectivity index (χ4n) is 2.99. The summed E-state index contributed by atoms with van der Waals surface area (Å²) >= 11 is 1.75. The van der Waals surface area contributed by atoms with E-state index in [0.717, 1.165) is 17.1 Å². The van der Waals surface area contributed by atoms with Crippen LogP contribution in [0.25, 0.3) is 0 Å². The molecular weight excluding hydrogens is 392 g/mol. The molecule has 0 aromatic heterocycles. The van der Waals surface area contributed by atoms with E-state index in [9.17, 15) is 9.59 Å². The van der Waals surface area contributed by atoms with E-state index in [-0.39, 0.29) is 11.8 Å². The maximum Gasteiger partial charge on any atom is 0.242 e. The topological polar surface area (TPSA) is 49.4 Å². The number of carbonyl (C=O) groups excluding carboxylic acids is 2. The monoisotopic (exact) mass is 426 g/mol. The number of benzene rings is 2. The van der Waals surface area contributed by atoms with Crippen molar-refractivity contribution < 1.29 is 9.59 Å². The molecule has 0 saturated carbocycles. The summed E-state index contributed by atoms with van der Waals surface area (Å²) in [5, 5.41) is 2.96. The molecule has 0 aliphatic carbocycles. The fourth-order valence-corrected chi connectivity index (χ4v) is 3.88. The second-order valence-electron chi connectivity index (χ2n) is 8.11. The van der Waals surface area contributed by atoms with Gasteiger partial charge in [-0.3, -0.25) is 9.59 Å². The van der Waals surface area contributed by atoms with Crippen molar-refractivity contribution in [3.8, 4) is 0 Å². The molecule has 2 aromatic rings. The van der Waals surface area contributed by atoms with Crippen LogP contribution in [0, 0.1) is 12.8 Å². The van der Waals surface area contributed by atoms with Crippen LogP contribution in [0.3, 0.4) is 0 Å². The Kier molecular flexibility index (Phi) is 9.95. The van der Waals surface area contributed by atoms with Crippen molar-refractivity contribution >= 4 is 23.6 Å². The highest BCUT2D eigenvalue weighted by Gasteiger charge is 2.25. The van der Waals surface area contributed by atoms with E-state index in [2.05, 4.69) is 31.3 Å². The van der Waals surface area contributed by atoms with Gasteiger partial charge in [-0.15, -0.1) is 0 Å². The standard InChI is InChI=1S/C25H34N2O2S/c1-19(2)16-26-25(29)21(4)27(17-22-12-10-20(3)11-13-22)24(28)14-15-30-18-23-8-6-5-7-9-23/h5-13,19,21H,14-18H2,1-4H3,(H,26,29)/t21-/m0/s1. The van der Waals surface area contributed by atoms with Crippen molar-refractivity contribution in [3.05, 3.63) is 71.3 Å². The van der Waals surface area contributed by atoms with Gasteiger partial charge in [0, 0.05) is 31.0 Å². The number of amides is 2. The first-order valence-electron chi connectivity index (χ1n) is 10.6. The summed E-state index contributed by atoms with van der Waals surface area (Å²) in [6.07, 6.45) is 0.422. The zero-order chi connectivity index (χ0) is 21.9. The Balaban J connectivity index is 1.98. The maximum atomic E-state index is 13.0. The molecular formula is C25H34N2O2S. The van der Waals surface area contributed by atoms with Gasteiger partial charge in [0.1, 0.15) is 6.04 Å². The van der Waals surface area contributed by atoms with E-state index in [1.165, 1.54) is 11.1 Å². The quantitative estimate of drug-likeness (QED) is 0.525. The van der Waals surface area contributed by atoms with Crippen LogP contribution >= 0.6 is 11.8 Å². The molecule has 0 spiro atoms. The highest BCUT2D eigenvalue weighted by molar-refractivity contribution is 7.98. The zero-order valence-corrected chi connectivity index (χ0v) is 19.4. The highest BCUT2D eigenvalue weighted by Crippen LogP contribution is 2.16. The van der Waals surface area contributed by atoms with Crippen molar-refractivity contribution in [3.63, 3.8) is 0 Å². The molecule has 0 aliphatic rings. The zero-order valence-electron chi connectivity index (χ0n) is 18.6. The van der Waals surface area contributed by atoms with E-state index in [1.807, 2.05) is 56.3 Å². The molecule has 0 aliphatic heterocycles. The van der Waals surface area contributed by atoms with Gasteiger partial charge in [-0.05, 0) is 30.9 Å². The third kappa shape index (κ3) is 8.23. The lowest BCUT2D eigenvalue weighted by molar-refractivity contribution is -0.140. The number of thioether (sulfide) groups is 1. The summed E-state index contributed by atoms with van der Waals surface area (Å²) in [5.74, 6) is 1.91. The van der Waals surface area contributed by atoms with Crippen molar-refractivity contribution in [1.29, 1.82) is 0 Å². The summed E-state index contributed by atoms with van der Waals surface area (Å²) in [4.78, 5) is 27.4. The Hall–Kier alpha value is -2.27. The normalized spacial score (nSPS) is 11.9. The van der Waals surface area contributed by atoms with Gasteiger partial charge in [0.05, 0.1) is 0 Å². The summed E-state index contributed by atoms with van der Waals surface area (Å²) < 4.78 is 0. The first kappa shape index (κ1) is 24.0. The predicted octanol–water partition coefficient (Wildman–Crippen LogP) is 4.81. The van der Waals surface area contributed by atoms with E-state index < -0.39 is 6.04 Å². The SMILES string of the molecule is Cc1ccc(CN(C(=O)CCSCc2ccccc2)[C@@H](C)C(=O)NCC(C)C)cc1. The average molecular weight is 427 g/mol. The van der Waals surface area contributed by atoms with Crippen LogP contribution in [0.4, 0.5) is 0 Å². The van der Waals surface area contributed by atoms with Gasteiger partial charge in [-0.1, -0.05) is 74.0 Å². The van der Waals surface area contributed by atoms with Gasteiger partial charge in [-0.2, -0.15) is 11.8 Å². The number of aryl methyl sites for hydroxylation is 1. The third-order valence-corrected chi connectivity index (χ3v) is 5.93. The fraction of sp³-hybridized carbons (Fsp3) is 0.440. The molecule has 0 heterocycles. The van der Waals surface area contributed by atoms with Gasteiger partial charge in [0.25, 0.3) is 0 Å². The first-order chi connectivity index (χ1) is 14.4. The maximum absolute atomic E-state index is 13.0. The lowest BCUT2D eigenvalue weighted by Crippen LogP contribution is -2.48. The Bertz CT molecular complexity index is 791. The first-order valence-corrected chi connectivity index (χ1v) is 11.8. The summed E-state index contributed by atoms with van der Waals surface area (Å²) in [6, 6.07) is 17.9. The molecule has 5 heteroatoms. The molecule has 1 N–H and O–H groups in total. The summed E-state index contributed by atoms with van der Waals surface area (Å²) in [5.41, 5.74) is 3.47. The van der Waals surface area contributed by atoms with Crippen LogP contribution in [0.2, 0.25) is 0 Å². The van der Waals surface area contributed by atoms with Crippen LogP contribution in [-0.4, -0.2) is 35.1 Å². The van der Waals surface area contributed by atoms with Crippen molar-refractivity contribution in [2.75, 3.05) is 12.3 Å². The number of nitrogens with one attached hydrogen (secondary N) is 1. The molecule has 2 aromatic carbocycles. The van der Waals surface area contributed by atoms with Crippen LogP contribution < -0.4 is 5.32 Å². The summed E-state index contributed by atoms with van der Waals surface area (Å²) in [7, 11) is 0. The van der Waals surface area contributed by atoms with E-state index in [4.69, 9.17) is 0 Å². The van der Waals surface area contributed by atoms with Gasteiger partial charge in [0.2, 0.25) is 11.8 Å². The molecule has 2 rings (SSSR count). The minimum Gasteiger partial charge on any atom is -0.354 e. The minimum atomic E-state index is -0.503. The van der Waals surface area contributed by atoms with Crippen molar-refractivity contribution in [2.24, 2.45) is 5.92 Å².